The maximum Gasteiger partial charge on any atom is 0.332 e. The number of rotatable bonds is 11. The molecular weight excluding hydrogens is 555 g/mol. The second-order valence-corrected chi connectivity index (χ2v) is 10.8. The molecule has 220 valence electrons. The Labute approximate surface area is 239 Å². The van der Waals surface area contributed by atoms with Crippen molar-refractivity contribution in [2.45, 2.75) is 52.4 Å². The maximum atomic E-state index is 14.4. The van der Waals surface area contributed by atoms with Gasteiger partial charge >= 0.3 is 5.69 Å². The standard InChI is InChI=1S/C27H33FN6O6S/c1-15(2)31(5)23(36)17(4)33-24(37)22-16(3)25(34-29-9-10-30-34)41-26(22)32(27(33)38)14-21(40-12-11-35)19-13-18(28)7-8-20(19)39-6/h7-10,13,15,17,21,35H,11-12,14H2,1-6H3/t17-,21-/m0/s1. The summed E-state index contributed by atoms with van der Waals surface area (Å²) in [6.07, 6.45) is 2.02. The Bertz CT molecular complexity index is 1660. The van der Waals surface area contributed by atoms with Gasteiger partial charge in [-0.15, -0.1) is 4.80 Å². The Morgan fingerprint density at radius 1 is 1.20 bits per heavy atom. The van der Waals surface area contributed by atoms with Gasteiger partial charge in [0.25, 0.3) is 5.56 Å². The minimum atomic E-state index is -1.12. The van der Waals surface area contributed by atoms with Crippen LogP contribution in [0.3, 0.4) is 0 Å². The minimum absolute atomic E-state index is 0.109. The number of amides is 1. The molecule has 1 aromatic carbocycles. The lowest BCUT2D eigenvalue weighted by Crippen LogP contribution is -2.47. The molecule has 41 heavy (non-hydrogen) atoms. The molecule has 2 atom stereocenters. The lowest BCUT2D eigenvalue weighted by Gasteiger charge is -2.27. The number of aryl methyl sites for hydroxylation is 1. The fourth-order valence-corrected chi connectivity index (χ4v) is 5.80. The van der Waals surface area contributed by atoms with Gasteiger partial charge in [0.05, 0.1) is 44.6 Å². The summed E-state index contributed by atoms with van der Waals surface area (Å²) >= 11 is 1.13. The summed E-state index contributed by atoms with van der Waals surface area (Å²) < 4.78 is 28.0. The van der Waals surface area contributed by atoms with Gasteiger partial charge in [-0.3, -0.25) is 14.2 Å². The molecule has 1 N–H and O–H groups in total. The van der Waals surface area contributed by atoms with Crippen LogP contribution in [0.2, 0.25) is 0 Å². The molecule has 0 bridgehead atoms. The minimum Gasteiger partial charge on any atom is -0.496 e. The number of thiophene rings is 1. The molecule has 0 aliphatic rings. The summed E-state index contributed by atoms with van der Waals surface area (Å²) in [5.41, 5.74) is -0.524. The highest BCUT2D eigenvalue weighted by Crippen LogP contribution is 2.34. The van der Waals surface area contributed by atoms with Gasteiger partial charge in [0.1, 0.15) is 33.5 Å². The molecule has 14 heteroatoms. The molecule has 0 spiro atoms. The van der Waals surface area contributed by atoms with Crippen molar-refractivity contribution in [3.63, 3.8) is 0 Å². The zero-order valence-corrected chi connectivity index (χ0v) is 24.5. The van der Waals surface area contributed by atoms with Crippen molar-refractivity contribution in [3.05, 3.63) is 68.4 Å². The fourth-order valence-electron chi connectivity index (χ4n) is 4.58. The van der Waals surface area contributed by atoms with Crippen LogP contribution in [0.1, 0.15) is 44.0 Å². The lowest BCUT2D eigenvalue weighted by molar-refractivity contribution is -0.134. The van der Waals surface area contributed by atoms with Gasteiger partial charge in [-0.2, -0.15) is 10.2 Å². The number of fused-ring (bicyclic) bond motifs is 1. The topological polar surface area (TPSA) is 134 Å². The summed E-state index contributed by atoms with van der Waals surface area (Å²) in [6.45, 7) is 6.28. The largest absolute Gasteiger partial charge is 0.496 e. The maximum absolute atomic E-state index is 14.4. The molecule has 0 saturated heterocycles. The molecule has 0 fully saturated rings. The Morgan fingerprint density at radius 3 is 2.49 bits per heavy atom. The predicted octanol–water partition coefficient (Wildman–Crippen LogP) is 2.44. The van der Waals surface area contributed by atoms with E-state index in [-0.39, 0.29) is 31.2 Å². The van der Waals surface area contributed by atoms with Gasteiger partial charge in [0, 0.05) is 24.2 Å². The number of aliphatic hydroxyl groups excluding tert-OH is 1. The SMILES string of the molecule is COc1ccc(F)cc1[C@H](Cn1c(=O)n([C@@H](C)C(=O)N(C)C(C)C)c(=O)c2c(C)c(-n3nccn3)sc21)OCCO. The highest BCUT2D eigenvalue weighted by molar-refractivity contribution is 7.21. The number of aromatic nitrogens is 5. The molecule has 3 heterocycles. The summed E-state index contributed by atoms with van der Waals surface area (Å²) in [7, 11) is 3.03. The summed E-state index contributed by atoms with van der Waals surface area (Å²) in [6, 6.07) is 2.63. The van der Waals surface area contributed by atoms with Crippen LogP contribution in [0.4, 0.5) is 4.39 Å². The number of ether oxygens (including phenoxy) is 2. The van der Waals surface area contributed by atoms with Gasteiger partial charge in [0.2, 0.25) is 5.91 Å². The molecule has 0 aliphatic heterocycles. The number of hydrogen-bond acceptors (Lipinski definition) is 9. The molecule has 0 saturated carbocycles. The Kier molecular flexibility index (Phi) is 9.05. The van der Waals surface area contributed by atoms with Crippen LogP contribution in [-0.2, 0) is 16.1 Å². The molecule has 1 amide bonds. The Balaban J connectivity index is 2.00. The summed E-state index contributed by atoms with van der Waals surface area (Å²) in [4.78, 5) is 44.5. The van der Waals surface area contributed by atoms with Crippen LogP contribution in [-0.4, -0.2) is 73.5 Å². The normalized spacial score (nSPS) is 13.1. The molecular formula is C27H33FN6O6S. The van der Waals surface area contributed by atoms with E-state index < -0.39 is 35.1 Å². The van der Waals surface area contributed by atoms with E-state index in [1.807, 2.05) is 13.8 Å². The third-order valence-corrected chi connectivity index (χ3v) is 8.26. The first-order chi connectivity index (χ1) is 19.5. The zero-order valence-electron chi connectivity index (χ0n) is 23.7. The molecule has 12 nitrogen and oxygen atoms in total. The number of carbonyl (C=O) groups excluding carboxylic acids is 1. The predicted molar refractivity (Wildman–Crippen MR) is 151 cm³/mol. The fraction of sp³-hybridized carbons (Fsp3) is 0.444. The van der Waals surface area contributed by atoms with Crippen molar-refractivity contribution in [1.82, 2.24) is 29.0 Å². The van der Waals surface area contributed by atoms with Crippen LogP contribution >= 0.6 is 11.3 Å². The first-order valence-electron chi connectivity index (χ1n) is 13.0. The van der Waals surface area contributed by atoms with Crippen molar-refractivity contribution in [1.29, 1.82) is 0 Å². The molecule has 4 aromatic rings. The number of hydrogen-bond donors (Lipinski definition) is 1. The average Bonchev–Trinajstić information content (AvgIpc) is 3.60. The van der Waals surface area contributed by atoms with Crippen molar-refractivity contribution in [2.75, 3.05) is 27.4 Å². The van der Waals surface area contributed by atoms with E-state index in [1.54, 1.807) is 14.0 Å². The Hall–Kier alpha value is -3.88. The third kappa shape index (κ3) is 5.67. The highest BCUT2D eigenvalue weighted by Gasteiger charge is 2.30. The number of carbonyl (C=O) groups is 1. The van der Waals surface area contributed by atoms with Gasteiger partial charge < -0.3 is 19.5 Å². The molecule has 0 aliphatic carbocycles. The number of nitrogens with zero attached hydrogens (tertiary/aromatic N) is 6. The summed E-state index contributed by atoms with van der Waals surface area (Å²) in [5, 5.41) is 18.6. The number of benzene rings is 1. The van der Waals surface area contributed by atoms with E-state index in [4.69, 9.17) is 9.47 Å². The zero-order chi connectivity index (χ0) is 30.0. The molecule has 0 radical (unpaired) electrons. The molecule has 0 unspecified atom stereocenters. The number of likely N-dealkylation sites (N-methyl/N-ethyl adjacent to an activating group) is 1. The van der Waals surface area contributed by atoms with Gasteiger partial charge in [-0.25, -0.2) is 13.8 Å². The van der Waals surface area contributed by atoms with Gasteiger partial charge in [-0.05, 0) is 45.9 Å². The van der Waals surface area contributed by atoms with Crippen molar-refractivity contribution >= 4 is 27.5 Å². The van der Waals surface area contributed by atoms with E-state index in [9.17, 15) is 23.9 Å². The van der Waals surface area contributed by atoms with E-state index in [0.717, 1.165) is 15.9 Å². The van der Waals surface area contributed by atoms with Crippen LogP contribution in [0.25, 0.3) is 15.2 Å². The van der Waals surface area contributed by atoms with Crippen LogP contribution in [0, 0.1) is 12.7 Å². The van der Waals surface area contributed by atoms with E-state index in [0.29, 0.717) is 26.7 Å². The first kappa shape index (κ1) is 30.1. The van der Waals surface area contributed by atoms with Crippen molar-refractivity contribution < 1.29 is 23.8 Å². The molecule has 3 aromatic heterocycles. The smallest absolute Gasteiger partial charge is 0.332 e. The van der Waals surface area contributed by atoms with E-state index in [1.165, 1.54) is 58.9 Å². The van der Waals surface area contributed by atoms with Gasteiger partial charge in [0.15, 0.2) is 0 Å². The number of methoxy groups -OCH3 is 1. The third-order valence-electron chi connectivity index (χ3n) is 6.98. The first-order valence-corrected chi connectivity index (χ1v) is 13.8. The number of halogens is 1. The Morgan fingerprint density at radius 2 is 1.88 bits per heavy atom. The molecule has 4 rings (SSSR count). The van der Waals surface area contributed by atoms with Crippen molar-refractivity contribution in [2.24, 2.45) is 0 Å². The second-order valence-electron chi connectivity index (χ2n) is 9.79. The van der Waals surface area contributed by atoms with E-state index in [2.05, 4.69) is 10.2 Å². The van der Waals surface area contributed by atoms with E-state index >= 15 is 0 Å². The quantitative estimate of drug-likeness (QED) is 0.283. The summed E-state index contributed by atoms with van der Waals surface area (Å²) in [5.74, 6) is -0.638. The van der Waals surface area contributed by atoms with Crippen LogP contribution in [0.15, 0.2) is 40.2 Å². The lowest BCUT2D eigenvalue weighted by atomic mass is 10.1. The average molecular weight is 589 g/mol. The van der Waals surface area contributed by atoms with Gasteiger partial charge in [-0.1, -0.05) is 11.3 Å². The van der Waals surface area contributed by atoms with Crippen LogP contribution in [0.5, 0.6) is 5.75 Å². The second kappa shape index (κ2) is 12.3. The van der Waals surface area contributed by atoms with Crippen molar-refractivity contribution in [3.8, 4) is 10.8 Å². The number of aliphatic hydroxyl groups is 1. The monoisotopic (exact) mass is 588 g/mol. The highest BCUT2D eigenvalue weighted by atomic mass is 32.1. The van der Waals surface area contributed by atoms with Crippen LogP contribution < -0.4 is 16.0 Å².